The molecule has 27 heavy (non-hydrogen) atoms. The number of alkyl halides is 3. The fourth-order valence-electron chi connectivity index (χ4n) is 2.96. The Balaban J connectivity index is 1.50. The predicted molar refractivity (Wildman–Crippen MR) is 94.6 cm³/mol. The molecule has 1 amide bonds. The molecule has 0 radical (unpaired) electrons. The van der Waals surface area contributed by atoms with Crippen molar-refractivity contribution in [3.05, 3.63) is 58.9 Å². The molecular formula is C19H18ClF3N2O2. The third kappa shape index (κ3) is 5.13. The topological polar surface area (TPSA) is 42.4 Å². The van der Waals surface area contributed by atoms with Gasteiger partial charge in [0.15, 0.2) is 0 Å². The standard InChI is InChI=1S/C19H18ClF3N2O2/c20-16-12-24-8-5-17(16)27-15-6-9-25(10-7-15)18(26)11-13-1-3-14(4-2-13)19(21,22)23/h1-5,8,12,15H,6-7,9-11H2. The lowest BCUT2D eigenvalue weighted by atomic mass is 10.0. The lowest BCUT2D eigenvalue weighted by molar-refractivity contribution is -0.137. The summed E-state index contributed by atoms with van der Waals surface area (Å²) in [5.74, 6) is 0.469. The SMILES string of the molecule is O=C(Cc1ccc(C(F)(F)F)cc1)N1CCC(Oc2ccncc2Cl)CC1. The first-order valence-corrected chi connectivity index (χ1v) is 8.91. The number of aromatic nitrogens is 1. The van der Waals surface area contributed by atoms with Gasteiger partial charge in [-0.3, -0.25) is 9.78 Å². The molecule has 3 rings (SSSR count). The van der Waals surface area contributed by atoms with Crippen LogP contribution < -0.4 is 4.74 Å². The van der Waals surface area contributed by atoms with Crippen molar-refractivity contribution in [3.63, 3.8) is 0 Å². The minimum Gasteiger partial charge on any atom is -0.489 e. The summed E-state index contributed by atoms with van der Waals surface area (Å²) >= 11 is 6.03. The number of ether oxygens (including phenoxy) is 1. The average Bonchev–Trinajstić information content (AvgIpc) is 2.64. The van der Waals surface area contributed by atoms with Crippen molar-refractivity contribution in [2.45, 2.75) is 31.5 Å². The minimum absolute atomic E-state index is 0.0416. The van der Waals surface area contributed by atoms with Crippen LogP contribution in [0.2, 0.25) is 5.02 Å². The van der Waals surface area contributed by atoms with Crippen molar-refractivity contribution in [1.82, 2.24) is 9.88 Å². The van der Waals surface area contributed by atoms with Crippen LogP contribution in [0.15, 0.2) is 42.7 Å². The predicted octanol–water partition coefficient (Wildman–Crippen LogP) is 4.37. The van der Waals surface area contributed by atoms with Crippen LogP contribution in [-0.4, -0.2) is 35.0 Å². The summed E-state index contributed by atoms with van der Waals surface area (Å²) in [6.45, 7) is 1.07. The zero-order valence-corrected chi connectivity index (χ0v) is 15.1. The molecule has 0 unspecified atom stereocenters. The minimum atomic E-state index is -4.37. The van der Waals surface area contributed by atoms with Gasteiger partial charge in [0.2, 0.25) is 5.91 Å². The van der Waals surface area contributed by atoms with Crippen LogP contribution in [0.5, 0.6) is 5.75 Å². The molecule has 0 atom stereocenters. The van der Waals surface area contributed by atoms with Crippen LogP contribution in [0.4, 0.5) is 13.2 Å². The molecule has 1 fully saturated rings. The highest BCUT2D eigenvalue weighted by Gasteiger charge is 2.30. The molecule has 1 aliphatic rings. The lowest BCUT2D eigenvalue weighted by Crippen LogP contribution is -2.42. The Kier molecular flexibility index (Phi) is 5.89. The molecule has 0 aliphatic carbocycles. The van der Waals surface area contributed by atoms with Gasteiger partial charge in [-0.2, -0.15) is 13.2 Å². The molecule has 8 heteroatoms. The maximum atomic E-state index is 12.6. The third-order valence-electron chi connectivity index (χ3n) is 4.46. The molecule has 1 aliphatic heterocycles. The van der Waals surface area contributed by atoms with Gasteiger partial charge >= 0.3 is 6.18 Å². The Bertz CT molecular complexity index is 788. The number of likely N-dealkylation sites (tertiary alicyclic amines) is 1. The molecule has 0 saturated carbocycles. The van der Waals surface area contributed by atoms with Crippen LogP contribution in [0, 0.1) is 0 Å². The molecule has 2 heterocycles. The van der Waals surface area contributed by atoms with E-state index in [1.807, 2.05) is 0 Å². The smallest absolute Gasteiger partial charge is 0.416 e. The van der Waals surface area contributed by atoms with E-state index in [1.54, 1.807) is 17.2 Å². The Hall–Kier alpha value is -2.28. The number of carbonyl (C=O) groups is 1. The number of piperidine rings is 1. The van der Waals surface area contributed by atoms with Crippen molar-refractivity contribution >= 4 is 17.5 Å². The number of hydrogen-bond acceptors (Lipinski definition) is 3. The first kappa shape index (κ1) is 19.5. The fraction of sp³-hybridized carbons (Fsp3) is 0.368. The average molecular weight is 399 g/mol. The molecule has 1 aromatic heterocycles. The van der Waals surface area contributed by atoms with E-state index in [0.29, 0.717) is 42.3 Å². The second-order valence-corrected chi connectivity index (χ2v) is 6.78. The molecule has 2 aromatic rings. The molecule has 0 N–H and O–H groups in total. The van der Waals surface area contributed by atoms with Gasteiger partial charge in [0.05, 0.1) is 12.0 Å². The molecule has 0 bridgehead atoms. The van der Waals surface area contributed by atoms with Gasteiger partial charge in [0.1, 0.15) is 16.9 Å². The van der Waals surface area contributed by atoms with Crippen molar-refractivity contribution in [2.24, 2.45) is 0 Å². The second kappa shape index (κ2) is 8.17. The number of pyridine rings is 1. The van der Waals surface area contributed by atoms with E-state index >= 15 is 0 Å². The highest BCUT2D eigenvalue weighted by molar-refractivity contribution is 6.31. The van der Waals surface area contributed by atoms with E-state index < -0.39 is 11.7 Å². The summed E-state index contributed by atoms with van der Waals surface area (Å²) in [7, 11) is 0. The van der Waals surface area contributed by atoms with Gasteiger partial charge in [0, 0.05) is 44.4 Å². The van der Waals surface area contributed by atoms with Crippen LogP contribution >= 0.6 is 11.6 Å². The van der Waals surface area contributed by atoms with E-state index in [0.717, 1.165) is 12.1 Å². The maximum Gasteiger partial charge on any atom is 0.416 e. The number of carbonyl (C=O) groups excluding carboxylic acids is 1. The molecule has 144 valence electrons. The van der Waals surface area contributed by atoms with E-state index in [-0.39, 0.29) is 18.4 Å². The maximum absolute atomic E-state index is 12.6. The van der Waals surface area contributed by atoms with Crippen molar-refractivity contribution in [3.8, 4) is 5.75 Å². The van der Waals surface area contributed by atoms with Crippen LogP contribution in [-0.2, 0) is 17.4 Å². The van der Waals surface area contributed by atoms with Gasteiger partial charge in [-0.1, -0.05) is 23.7 Å². The molecule has 1 saturated heterocycles. The number of nitrogens with zero attached hydrogens (tertiary/aromatic N) is 2. The van der Waals surface area contributed by atoms with Crippen molar-refractivity contribution in [1.29, 1.82) is 0 Å². The molecule has 0 spiro atoms. The molecule has 1 aromatic carbocycles. The van der Waals surface area contributed by atoms with Crippen LogP contribution in [0.25, 0.3) is 0 Å². The molecular weight excluding hydrogens is 381 g/mol. The fourth-order valence-corrected chi connectivity index (χ4v) is 3.12. The Morgan fingerprint density at radius 2 is 1.85 bits per heavy atom. The van der Waals surface area contributed by atoms with E-state index in [4.69, 9.17) is 16.3 Å². The quantitative estimate of drug-likeness (QED) is 0.768. The Morgan fingerprint density at radius 1 is 1.19 bits per heavy atom. The zero-order valence-electron chi connectivity index (χ0n) is 14.4. The number of rotatable bonds is 4. The first-order chi connectivity index (χ1) is 12.8. The monoisotopic (exact) mass is 398 g/mol. The third-order valence-corrected chi connectivity index (χ3v) is 4.74. The summed E-state index contributed by atoms with van der Waals surface area (Å²) in [6.07, 6.45) is 0.111. The van der Waals surface area contributed by atoms with Gasteiger partial charge in [0.25, 0.3) is 0 Å². The normalized spacial score (nSPS) is 15.6. The lowest BCUT2D eigenvalue weighted by Gasteiger charge is -2.32. The number of benzene rings is 1. The van der Waals surface area contributed by atoms with E-state index in [9.17, 15) is 18.0 Å². The van der Waals surface area contributed by atoms with E-state index in [1.165, 1.54) is 18.3 Å². The van der Waals surface area contributed by atoms with Gasteiger partial charge < -0.3 is 9.64 Å². The highest BCUT2D eigenvalue weighted by Crippen LogP contribution is 2.29. The van der Waals surface area contributed by atoms with Gasteiger partial charge in [-0.05, 0) is 17.7 Å². The summed E-state index contributed by atoms with van der Waals surface area (Å²) in [6, 6.07) is 6.40. The van der Waals surface area contributed by atoms with Crippen LogP contribution in [0.1, 0.15) is 24.0 Å². The summed E-state index contributed by atoms with van der Waals surface area (Å²) in [5, 5.41) is 0.443. The summed E-state index contributed by atoms with van der Waals surface area (Å²) in [4.78, 5) is 18.0. The van der Waals surface area contributed by atoms with Crippen molar-refractivity contribution < 1.29 is 22.7 Å². The zero-order chi connectivity index (χ0) is 19.4. The number of halogens is 4. The van der Waals surface area contributed by atoms with Gasteiger partial charge in [-0.15, -0.1) is 0 Å². The summed E-state index contributed by atoms with van der Waals surface area (Å²) < 4.78 is 43.6. The molecule has 4 nitrogen and oxygen atoms in total. The highest BCUT2D eigenvalue weighted by atomic mass is 35.5. The number of hydrogen-bond donors (Lipinski definition) is 0. The first-order valence-electron chi connectivity index (χ1n) is 8.53. The largest absolute Gasteiger partial charge is 0.489 e. The summed E-state index contributed by atoms with van der Waals surface area (Å²) in [5.41, 5.74) is -0.152. The number of amides is 1. The van der Waals surface area contributed by atoms with Crippen molar-refractivity contribution in [2.75, 3.05) is 13.1 Å². The van der Waals surface area contributed by atoms with E-state index in [2.05, 4.69) is 4.98 Å². The van der Waals surface area contributed by atoms with Crippen LogP contribution in [0.3, 0.4) is 0 Å². The Labute approximate surface area is 159 Å². The second-order valence-electron chi connectivity index (χ2n) is 6.38. The van der Waals surface area contributed by atoms with Gasteiger partial charge in [-0.25, -0.2) is 0 Å². The Morgan fingerprint density at radius 3 is 2.44 bits per heavy atom.